The highest BCUT2D eigenvalue weighted by Crippen LogP contribution is 2.31. The molecular weight excluding hydrogens is 219 g/mol. The molecule has 0 amide bonds. The third-order valence-electron chi connectivity index (χ3n) is 1.33. The molecule has 1 aromatic rings. The van der Waals surface area contributed by atoms with E-state index >= 15 is 0 Å². The van der Waals surface area contributed by atoms with Gasteiger partial charge in [-0.05, 0) is 67.9 Å². The minimum Gasteiger partial charge on any atom is -0.0570 e. The van der Waals surface area contributed by atoms with E-state index in [-0.39, 0.29) is 0 Å². The van der Waals surface area contributed by atoms with Gasteiger partial charge in [0.15, 0.2) is 0 Å². The summed E-state index contributed by atoms with van der Waals surface area (Å²) >= 11 is 0. The molecule has 0 saturated carbocycles. The summed E-state index contributed by atoms with van der Waals surface area (Å²) in [6, 6.07) is 5.96. The Morgan fingerprint density at radius 2 is 1.91 bits per heavy atom. The summed E-state index contributed by atoms with van der Waals surface area (Å²) in [4.78, 5) is 2.10. The third-order valence-corrected chi connectivity index (χ3v) is 3.40. The van der Waals surface area contributed by atoms with Crippen molar-refractivity contribution in [2.24, 2.45) is 0 Å². The van der Waals surface area contributed by atoms with Gasteiger partial charge < -0.3 is 0 Å². The summed E-state index contributed by atoms with van der Waals surface area (Å²) in [6.45, 7) is 2.02. The second-order valence-electron chi connectivity index (χ2n) is 2.08. The van der Waals surface area contributed by atoms with Crippen LogP contribution in [0.1, 0.15) is 5.56 Å². The molecule has 0 nitrogen and oxygen atoms in total. The molecule has 0 atom stereocenters. The number of benzene rings is 1. The van der Waals surface area contributed by atoms with E-state index in [0.29, 0.717) is 0 Å². The lowest BCUT2D eigenvalue weighted by molar-refractivity contribution is 1.25. The van der Waals surface area contributed by atoms with Gasteiger partial charge in [0.25, 0.3) is 0 Å². The Morgan fingerprint density at radius 3 is 2.45 bits per heavy atom. The fraction of sp³-hybridized carbons (Fsp3) is 0.143. The maximum atomic E-state index is 5.63. The van der Waals surface area contributed by atoms with Gasteiger partial charge in [0.05, 0.1) is 0 Å². The lowest BCUT2D eigenvalue weighted by Gasteiger charge is -2.01. The standard InChI is InChI=1S/C7H6Cl2S2/c1-5-2-3-6(10-8)4-7(5)11-9/h2-4H,1H3. The minimum atomic E-state index is 1.03. The maximum absolute atomic E-state index is 5.63. The average molecular weight is 225 g/mol. The Hall–Kier alpha value is 0.500. The number of aryl methyl sites for hydroxylation is 1. The van der Waals surface area contributed by atoms with E-state index in [2.05, 4.69) is 0 Å². The molecule has 0 spiro atoms. The first-order valence-corrected chi connectivity index (χ1v) is 6.24. The Morgan fingerprint density at radius 1 is 1.18 bits per heavy atom. The second-order valence-corrected chi connectivity index (χ2v) is 4.23. The van der Waals surface area contributed by atoms with E-state index in [1.54, 1.807) is 0 Å². The van der Waals surface area contributed by atoms with Gasteiger partial charge in [0, 0.05) is 9.79 Å². The number of rotatable bonds is 2. The topological polar surface area (TPSA) is 0 Å². The Bertz CT molecular complexity index is 250. The van der Waals surface area contributed by atoms with Crippen LogP contribution < -0.4 is 0 Å². The van der Waals surface area contributed by atoms with E-state index in [1.165, 1.54) is 27.5 Å². The van der Waals surface area contributed by atoms with Gasteiger partial charge in [-0.3, -0.25) is 0 Å². The predicted octanol–water partition coefficient (Wildman–Crippen LogP) is 4.49. The average Bonchev–Trinajstić information content (AvgIpc) is 2.05. The molecule has 0 aliphatic carbocycles. The lowest BCUT2D eigenvalue weighted by Crippen LogP contribution is -1.76. The van der Waals surface area contributed by atoms with Crippen molar-refractivity contribution in [2.45, 2.75) is 16.7 Å². The summed E-state index contributed by atoms with van der Waals surface area (Å²) in [5, 5.41) is 0. The third kappa shape index (κ3) is 2.48. The van der Waals surface area contributed by atoms with Crippen LogP contribution in [0.2, 0.25) is 0 Å². The van der Waals surface area contributed by atoms with Crippen molar-refractivity contribution in [3.05, 3.63) is 23.8 Å². The zero-order valence-electron chi connectivity index (χ0n) is 5.80. The molecular formula is C7H6Cl2S2. The van der Waals surface area contributed by atoms with Crippen LogP contribution in [0, 0.1) is 6.92 Å². The number of halogens is 2. The molecule has 0 heterocycles. The first-order chi connectivity index (χ1) is 5.27. The predicted molar refractivity (Wildman–Crippen MR) is 54.6 cm³/mol. The first-order valence-electron chi connectivity index (χ1n) is 2.95. The summed E-state index contributed by atoms with van der Waals surface area (Å²) in [5.41, 5.74) is 1.18. The van der Waals surface area contributed by atoms with Crippen LogP contribution >= 0.6 is 43.3 Å². The molecule has 11 heavy (non-hydrogen) atoms. The highest BCUT2D eigenvalue weighted by molar-refractivity contribution is 8.21. The van der Waals surface area contributed by atoms with Gasteiger partial charge in [-0.25, -0.2) is 0 Å². The summed E-state index contributed by atoms with van der Waals surface area (Å²) < 4.78 is 0. The number of hydrogen-bond acceptors (Lipinski definition) is 2. The maximum Gasteiger partial charge on any atom is 0.0274 e. The van der Waals surface area contributed by atoms with Gasteiger partial charge in [0.2, 0.25) is 0 Å². The normalized spacial score (nSPS) is 10.1. The van der Waals surface area contributed by atoms with Crippen molar-refractivity contribution in [3.63, 3.8) is 0 Å². The number of hydrogen-bond donors (Lipinski definition) is 0. The smallest absolute Gasteiger partial charge is 0.0274 e. The monoisotopic (exact) mass is 224 g/mol. The molecule has 0 aliphatic rings. The molecule has 1 aromatic carbocycles. The molecule has 0 saturated heterocycles. The van der Waals surface area contributed by atoms with E-state index in [1.807, 2.05) is 25.1 Å². The van der Waals surface area contributed by atoms with E-state index < -0.39 is 0 Å². The molecule has 4 heteroatoms. The van der Waals surface area contributed by atoms with Crippen molar-refractivity contribution >= 4 is 43.3 Å². The molecule has 1 rings (SSSR count). The summed E-state index contributed by atoms with van der Waals surface area (Å²) in [6.07, 6.45) is 0. The van der Waals surface area contributed by atoms with Crippen molar-refractivity contribution in [2.75, 3.05) is 0 Å². The van der Waals surface area contributed by atoms with Crippen LogP contribution in [0.15, 0.2) is 28.0 Å². The van der Waals surface area contributed by atoms with Gasteiger partial charge in [-0.15, -0.1) is 0 Å². The molecule has 0 radical (unpaired) electrons. The largest absolute Gasteiger partial charge is 0.0570 e. The van der Waals surface area contributed by atoms with E-state index in [9.17, 15) is 0 Å². The van der Waals surface area contributed by atoms with Gasteiger partial charge >= 0.3 is 0 Å². The van der Waals surface area contributed by atoms with Crippen LogP contribution in [0.25, 0.3) is 0 Å². The zero-order chi connectivity index (χ0) is 8.27. The fourth-order valence-electron chi connectivity index (χ4n) is 0.712. The molecule has 0 aromatic heterocycles. The van der Waals surface area contributed by atoms with Crippen LogP contribution in [0.3, 0.4) is 0 Å². The summed E-state index contributed by atoms with van der Waals surface area (Å²) in [7, 11) is 13.6. The van der Waals surface area contributed by atoms with Crippen molar-refractivity contribution in [1.82, 2.24) is 0 Å². The van der Waals surface area contributed by atoms with Crippen molar-refractivity contribution in [3.8, 4) is 0 Å². The van der Waals surface area contributed by atoms with Gasteiger partial charge in [-0.2, -0.15) is 0 Å². The fourth-order valence-corrected chi connectivity index (χ4v) is 2.22. The van der Waals surface area contributed by atoms with Crippen molar-refractivity contribution < 1.29 is 0 Å². The van der Waals surface area contributed by atoms with Crippen LogP contribution in [0.5, 0.6) is 0 Å². The zero-order valence-corrected chi connectivity index (χ0v) is 8.95. The Labute approximate surface area is 83.7 Å². The molecule has 0 fully saturated rings. The van der Waals surface area contributed by atoms with Crippen molar-refractivity contribution in [1.29, 1.82) is 0 Å². The van der Waals surface area contributed by atoms with E-state index in [4.69, 9.17) is 21.4 Å². The van der Waals surface area contributed by atoms with Crippen LogP contribution in [-0.4, -0.2) is 0 Å². The van der Waals surface area contributed by atoms with E-state index in [0.717, 1.165) is 9.79 Å². The molecule has 0 unspecified atom stereocenters. The highest BCUT2D eigenvalue weighted by atomic mass is 35.7. The Kier molecular flexibility index (Phi) is 3.93. The molecule has 0 bridgehead atoms. The Balaban J connectivity index is 3.02. The van der Waals surface area contributed by atoms with Gasteiger partial charge in [0.1, 0.15) is 0 Å². The van der Waals surface area contributed by atoms with Crippen LogP contribution in [0.4, 0.5) is 0 Å². The SMILES string of the molecule is Cc1ccc(SCl)cc1SCl. The first kappa shape index (κ1) is 9.59. The lowest BCUT2D eigenvalue weighted by atomic mass is 10.2. The van der Waals surface area contributed by atoms with Crippen LogP contribution in [-0.2, 0) is 0 Å². The van der Waals surface area contributed by atoms with Gasteiger partial charge in [-0.1, -0.05) is 6.07 Å². The summed E-state index contributed by atoms with van der Waals surface area (Å²) in [5.74, 6) is 0. The molecule has 60 valence electrons. The second kappa shape index (κ2) is 4.51. The quantitative estimate of drug-likeness (QED) is 0.727. The molecule has 0 N–H and O–H groups in total. The minimum absolute atomic E-state index is 1.03. The highest BCUT2D eigenvalue weighted by Gasteiger charge is 1.99. The molecule has 0 aliphatic heterocycles.